The van der Waals surface area contributed by atoms with Crippen LogP contribution in [0.2, 0.25) is 0 Å². The van der Waals surface area contributed by atoms with Gasteiger partial charge in [0.25, 0.3) is 5.91 Å². The quantitative estimate of drug-likeness (QED) is 0.645. The molecule has 0 aliphatic carbocycles. The third kappa shape index (κ3) is 4.09. The van der Waals surface area contributed by atoms with Gasteiger partial charge in [-0.15, -0.1) is 0 Å². The molecule has 1 saturated heterocycles. The molecule has 1 aliphatic rings. The van der Waals surface area contributed by atoms with Crippen molar-refractivity contribution >= 4 is 11.9 Å². The molecule has 0 unspecified atom stereocenters. The van der Waals surface area contributed by atoms with Gasteiger partial charge < -0.3 is 10.0 Å². The molecule has 1 fully saturated rings. The second kappa shape index (κ2) is 7.81. The Balaban J connectivity index is 2.11. The van der Waals surface area contributed by atoms with Crippen LogP contribution in [-0.2, 0) is 4.79 Å². The highest BCUT2D eigenvalue weighted by atomic mass is 19.2. The van der Waals surface area contributed by atoms with Gasteiger partial charge in [0.2, 0.25) is 0 Å². The Morgan fingerprint density at radius 3 is 2.12 bits per heavy atom. The van der Waals surface area contributed by atoms with E-state index in [1.54, 1.807) is 11.8 Å². The number of hydrogen-bond acceptors (Lipinski definition) is 3. The number of benzene rings is 1. The van der Waals surface area contributed by atoms with Crippen molar-refractivity contribution in [2.75, 3.05) is 26.2 Å². The topological polar surface area (TPSA) is 60.9 Å². The molecule has 0 aromatic heterocycles. The van der Waals surface area contributed by atoms with Crippen LogP contribution in [0.1, 0.15) is 30.1 Å². The van der Waals surface area contributed by atoms with Crippen LogP contribution in [0.3, 0.4) is 0 Å². The van der Waals surface area contributed by atoms with Gasteiger partial charge in [0.05, 0.1) is 6.54 Å². The van der Waals surface area contributed by atoms with E-state index < -0.39 is 40.7 Å². The van der Waals surface area contributed by atoms with E-state index in [4.69, 9.17) is 5.11 Å². The summed E-state index contributed by atoms with van der Waals surface area (Å²) in [6.45, 7) is 2.38. The van der Waals surface area contributed by atoms with Gasteiger partial charge >= 0.3 is 5.97 Å². The second-order valence-electron chi connectivity index (χ2n) is 5.82. The van der Waals surface area contributed by atoms with E-state index in [2.05, 4.69) is 0 Å². The first-order valence-corrected chi connectivity index (χ1v) is 7.84. The number of nitrogens with zero attached hydrogens (tertiary/aromatic N) is 2. The van der Waals surface area contributed by atoms with Gasteiger partial charge in [-0.25, -0.2) is 17.6 Å². The van der Waals surface area contributed by atoms with E-state index in [1.807, 2.05) is 0 Å². The molecule has 2 rings (SSSR count). The second-order valence-corrected chi connectivity index (χ2v) is 5.82. The number of carbonyl (C=O) groups excluding carboxylic acids is 1. The number of rotatable bonds is 5. The molecule has 1 N–H and O–H groups in total. The van der Waals surface area contributed by atoms with E-state index in [0.29, 0.717) is 19.4 Å². The molecule has 138 valence electrons. The fourth-order valence-corrected chi connectivity index (χ4v) is 3.03. The molecule has 25 heavy (non-hydrogen) atoms. The zero-order valence-electron chi connectivity index (χ0n) is 13.6. The first-order chi connectivity index (χ1) is 11.8. The summed E-state index contributed by atoms with van der Waals surface area (Å²) in [5, 5.41) is 8.89. The van der Waals surface area contributed by atoms with Crippen LogP contribution >= 0.6 is 0 Å². The number of carbonyl (C=O) groups is 2. The number of aliphatic carboxylic acids is 1. The minimum absolute atomic E-state index is 0.0543. The third-order valence-electron chi connectivity index (χ3n) is 4.34. The molecule has 1 aliphatic heterocycles. The molecular weight excluding hydrogens is 344 g/mol. The summed E-state index contributed by atoms with van der Waals surface area (Å²) in [6.07, 6.45) is 0.793. The maximum absolute atomic E-state index is 13.7. The van der Waals surface area contributed by atoms with Crippen LogP contribution in [0.5, 0.6) is 0 Å². The third-order valence-corrected chi connectivity index (χ3v) is 4.34. The molecule has 0 atom stereocenters. The van der Waals surface area contributed by atoms with Crippen molar-refractivity contribution < 1.29 is 32.3 Å². The van der Waals surface area contributed by atoms with Crippen molar-refractivity contribution in [1.82, 2.24) is 9.80 Å². The predicted octanol–water partition coefficient (Wildman–Crippen LogP) is 2.25. The smallest absolute Gasteiger partial charge is 0.317 e. The van der Waals surface area contributed by atoms with Crippen molar-refractivity contribution in [3.8, 4) is 0 Å². The van der Waals surface area contributed by atoms with Gasteiger partial charge in [0.15, 0.2) is 23.3 Å². The molecule has 0 bridgehead atoms. The van der Waals surface area contributed by atoms with Crippen LogP contribution < -0.4 is 0 Å². The maximum atomic E-state index is 13.7. The first kappa shape index (κ1) is 19.2. The Kier molecular flexibility index (Phi) is 5.99. The molecule has 0 spiro atoms. The number of carboxylic acids is 1. The van der Waals surface area contributed by atoms with Gasteiger partial charge in [-0.3, -0.25) is 14.5 Å². The van der Waals surface area contributed by atoms with Crippen LogP contribution in [0, 0.1) is 23.3 Å². The lowest BCUT2D eigenvalue weighted by atomic mass is 10.0. The molecule has 1 heterocycles. The van der Waals surface area contributed by atoms with E-state index in [-0.39, 0.29) is 31.7 Å². The monoisotopic (exact) mass is 362 g/mol. The van der Waals surface area contributed by atoms with E-state index >= 15 is 0 Å². The molecule has 5 nitrogen and oxygen atoms in total. The number of piperidine rings is 1. The van der Waals surface area contributed by atoms with Crippen molar-refractivity contribution in [3.63, 3.8) is 0 Å². The number of amides is 1. The summed E-state index contributed by atoms with van der Waals surface area (Å²) >= 11 is 0. The minimum atomic E-state index is -1.72. The lowest BCUT2D eigenvalue weighted by Crippen LogP contribution is -2.48. The van der Waals surface area contributed by atoms with Crippen molar-refractivity contribution in [2.45, 2.75) is 25.8 Å². The molecule has 9 heteroatoms. The van der Waals surface area contributed by atoms with E-state index in [9.17, 15) is 27.2 Å². The Morgan fingerprint density at radius 2 is 1.68 bits per heavy atom. The van der Waals surface area contributed by atoms with Crippen LogP contribution in [-0.4, -0.2) is 59.0 Å². The van der Waals surface area contributed by atoms with E-state index in [1.165, 1.54) is 0 Å². The SMILES string of the molecule is CCN(CC(=O)O)C1CCN(C(=O)c2c(F)c(F)cc(F)c2F)CC1. The summed E-state index contributed by atoms with van der Waals surface area (Å²) in [6, 6.07) is -0.0392. The normalized spacial score (nSPS) is 15.7. The van der Waals surface area contributed by atoms with Gasteiger partial charge in [-0.1, -0.05) is 6.92 Å². The van der Waals surface area contributed by atoms with Gasteiger partial charge in [0, 0.05) is 25.2 Å². The van der Waals surface area contributed by atoms with Crippen LogP contribution in [0.4, 0.5) is 17.6 Å². The van der Waals surface area contributed by atoms with Crippen molar-refractivity contribution in [3.05, 3.63) is 34.9 Å². The lowest BCUT2D eigenvalue weighted by molar-refractivity contribution is -0.139. The largest absolute Gasteiger partial charge is 0.480 e. The highest BCUT2D eigenvalue weighted by molar-refractivity contribution is 5.95. The molecule has 1 aromatic rings. The van der Waals surface area contributed by atoms with Crippen LogP contribution in [0.25, 0.3) is 0 Å². The Hall–Kier alpha value is -2.16. The minimum Gasteiger partial charge on any atom is -0.480 e. The number of likely N-dealkylation sites (N-methyl/N-ethyl adjacent to an activating group) is 1. The Bertz CT molecular complexity index is 650. The van der Waals surface area contributed by atoms with Crippen molar-refractivity contribution in [2.24, 2.45) is 0 Å². The average molecular weight is 362 g/mol. The molecule has 0 saturated carbocycles. The summed E-state index contributed by atoms with van der Waals surface area (Å²) in [4.78, 5) is 26.0. The highest BCUT2D eigenvalue weighted by Gasteiger charge is 2.32. The summed E-state index contributed by atoms with van der Waals surface area (Å²) in [7, 11) is 0. The Labute approximate surface area is 141 Å². The van der Waals surface area contributed by atoms with Gasteiger partial charge in [-0.05, 0) is 19.4 Å². The molecule has 1 amide bonds. The maximum Gasteiger partial charge on any atom is 0.317 e. The number of carboxylic acid groups (broad SMARTS) is 1. The fraction of sp³-hybridized carbons (Fsp3) is 0.500. The zero-order valence-corrected chi connectivity index (χ0v) is 13.6. The lowest BCUT2D eigenvalue weighted by Gasteiger charge is -2.37. The van der Waals surface area contributed by atoms with Crippen molar-refractivity contribution in [1.29, 1.82) is 0 Å². The fourth-order valence-electron chi connectivity index (χ4n) is 3.03. The summed E-state index contributed by atoms with van der Waals surface area (Å²) in [5.74, 6) is -8.78. The summed E-state index contributed by atoms with van der Waals surface area (Å²) < 4.78 is 54.0. The average Bonchev–Trinajstić information content (AvgIpc) is 2.58. The zero-order chi connectivity index (χ0) is 18.7. The number of likely N-dealkylation sites (tertiary alicyclic amines) is 1. The van der Waals surface area contributed by atoms with Gasteiger partial charge in [-0.2, -0.15) is 0 Å². The van der Waals surface area contributed by atoms with Gasteiger partial charge in [0.1, 0.15) is 5.56 Å². The number of hydrogen-bond donors (Lipinski definition) is 1. The highest BCUT2D eigenvalue weighted by Crippen LogP contribution is 2.24. The molecule has 0 radical (unpaired) electrons. The van der Waals surface area contributed by atoms with Crippen LogP contribution in [0.15, 0.2) is 6.07 Å². The first-order valence-electron chi connectivity index (χ1n) is 7.84. The summed E-state index contributed by atoms with van der Waals surface area (Å²) in [5.41, 5.74) is -1.24. The molecule has 1 aromatic carbocycles. The standard InChI is InChI=1S/C16H18F4N2O3/c1-2-21(8-12(23)24)9-3-5-22(6-4-9)16(25)13-14(19)10(17)7-11(18)15(13)20/h7,9H,2-6,8H2,1H3,(H,23,24). The predicted molar refractivity (Wildman–Crippen MR) is 80.1 cm³/mol. The number of halogens is 4. The molecular formula is C16H18F4N2O3. The van der Waals surface area contributed by atoms with E-state index in [0.717, 1.165) is 4.90 Å². The Morgan fingerprint density at radius 1 is 1.16 bits per heavy atom.